The van der Waals surface area contributed by atoms with Crippen LogP contribution < -0.4 is 9.64 Å². The SMILES string of the molecule is Cc1nc(Oc2cc(C#N)ccc2-n2cc(O)cn2)cc(N2CCC(F)(F)C2)n1. The fourth-order valence-corrected chi connectivity index (χ4v) is 3.08. The summed E-state index contributed by atoms with van der Waals surface area (Å²) in [7, 11) is 0. The van der Waals surface area contributed by atoms with Crippen LogP contribution in [0.15, 0.2) is 36.7 Å². The molecule has 1 saturated heterocycles. The number of alkyl halides is 2. The summed E-state index contributed by atoms with van der Waals surface area (Å²) in [5.74, 6) is -1.66. The number of anilines is 1. The molecule has 0 bridgehead atoms. The monoisotopic (exact) mass is 398 g/mol. The van der Waals surface area contributed by atoms with Gasteiger partial charge in [0.05, 0.1) is 30.6 Å². The van der Waals surface area contributed by atoms with E-state index in [1.165, 1.54) is 34.1 Å². The molecule has 10 heteroatoms. The summed E-state index contributed by atoms with van der Waals surface area (Å²) in [6.07, 6.45) is 2.42. The number of aromatic nitrogens is 4. The van der Waals surface area contributed by atoms with Gasteiger partial charge in [-0.15, -0.1) is 0 Å². The standard InChI is InChI=1S/C19H16F2N6O2/c1-12-24-17(26-5-4-19(20,21)11-26)7-18(25-12)29-16-6-13(8-22)2-3-15(16)27-10-14(28)9-23-27/h2-3,6-7,9-10,28H,4-5,11H2,1H3. The molecule has 1 aliphatic rings. The van der Waals surface area contributed by atoms with E-state index in [4.69, 9.17) is 4.74 Å². The van der Waals surface area contributed by atoms with E-state index in [-0.39, 0.29) is 30.3 Å². The zero-order valence-corrected chi connectivity index (χ0v) is 15.4. The van der Waals surface area contributed by atoms with E-state index in [1.807, 2.05) is 6.07 Å². The number of halogens is 2. The molecule has 29 heavy (non-hydrogen) atoms. The van der Waals surface area contributed by atoms with Gasteiger partial charge in [-0.1, -0.05) is 0 Å². The summed E-state index contributed by atoms with van der Waals surface area (Å²) in [5.41, 5.74) is 0.820. The van der Waals surface area contributed by atoms with Gasteiger partial charge >= 0.3 is 0 Å². The van der Waals surface area contributed by atoms with Crippen molar-refractivity contribution in [3.63, 3.8) is 0 Å². The lowest BCUT2D eigenvalue weighted by Crippen LogP contribution is -2.25. The van der Waals surface area contributed by atoms with Crippen LogP contribution in [0.4, 0.5) is 14.6 Å². The van der Waals surface area contributed by atoms with Gasteiger partial charge in [0.25, 0.3) is 5.92 Å². The Hall–Kier alpha value is -3.74. The minimum Gasteiger partial charge on any atom is -0.505 e. The van der Waals surface area contributed by atoms with Gasteiger partial charge in [0, 0.05) is 25.1 Å². The first-order valence-electron chi connectivity index (χ1n) is 8.77. The molecule has 1 fully saturated rings. The average molecular weight is 398 g/mol. The van der Waals surface area contributed by atoms with Gasteiger partial charge in [-0.3, -0.25) is 0 Å². The predicted octanol–water partition coefficient (Wildman–Crippen LogP) is 3.19. The first-order chi connectivity index (χ1) is 13.8. The highest BCUT2D eigenvalue weighted by Gasteiger charge is 2.39. The van der Waals surface area contributed by atoms with Crippen LogP contribution in [-0.2, 0) is 0 Å². The topological polar surface area (TPSA) is 100 Å². The van der Waals surface area contributed by atoms with Crippen LogP contribution in [0.25, 0.3) is 5.69 Å². The van der Waals surface area contributed by atoms with Crippen LogP contribution in [0.1, 0.15) is 17.8 Å². The zero-order valence-electron chi connectivity index (χ0n) is 15.4. The van der Waals surface area contributed by atoms with E-state index in [1.54, 1.807) is 19.1 Å². The largest absolute Gasteiger partial charge is 0.505 e. The average Bonchev–Trinajstić information content (AvgIpc) is 3.26. The van der Waals surface area contributed by atoms with Crippen LogP contribution in [0.2, 0.25) is 0 Å². The maximum absolute atomic E-state index is 13.6. The first kappa shape index (κ1) is 18.6. The van der Waals surface area contributed by atoms with Crippen LogP contribution in [0, 0.1) is 18.3 Å². The number of aryl methyl sites for hydroxylation is 1. The summed E-state index contributed by atoms with van der Waals surface area (Å²) in [4.78, 5) is 9.95. The number of nitriles is 1. The van der Waals surface area contributed by atoms with Crippen molar-refractivity contribution < 1.29 is 18.6 Å². The Kier molecular flexibility index (Phi) is 4.50. The minimum absolute atomic E-state index is 0.0320. The zero-order chi connectivity index (χ0) is 20.6. The molecule has 0 aliphatic carbocycles. The van der Waals surface area contributed by atoms with Crippen molar-refractivity contribution in [3.8, 4) is 29.1 Å². The molecule has 2 aromatic heterocycles. The molecule has 3 aromatic rings. The molecule has 148 valence electrons. The van der Waals surface area contributed by atoms with Crippen LogP contribution in [0.3, 0.4) is 0 Å². The second-order valence-electron chi connectivity index (χ2n) is 6.68. The van der Waals surface area contributed by atoms with E-state index >= 15 is 0 Å². The summed E-state index contributed by atoms with van der Waals surface area (Å²) in [6, 6.07) is 8.23. The smallest absolute Gasteiger partial charge is 0.266 e. The van der Waals surface area contributed by atoms with Crippen molar-refractivity contribution in [1.29, 1.82) is 5.26 Å². The maximum atomic E-state index is 13.6. The Morgan fingerprint density at radius 2 is 2.10 bits per heavy atom. The number of benzene rings is 1. The third kappa shape index (κ3) is 3.94. The minimum atomic E-state index is -2.75. The van der Waals surface area contributed by atoms with E-state index in [2.05, 4.69) is 15.1 Å². The van der Waals surface area contributed by atoms with Gasteiger partial charge in [-0.2, -0.15) is 15.3 Å². The molecule has 0 amide bonds. The summed E-state index contributed by atoms with van der Waals surface area (Å²) < 4.78 is 34.4. The molecule has 4 rings (SSSR count). The van der Waals surface area contributed by atoms with Crippen LogP contribution in [-0.4, -0.2) is 43.9 Å². The Morgan fingerprint density at radius 3 is 2.76 bits per heavy atom. The number of rotatable bonds is 4. The lowest BCUT2D eigenvalue weighted by molar-refractivity contribution is 0.0256. The Morgan fingerprint density at radius 1 is 1.28 bits per heavy atom. The van der Waals surface area contributed by atoms with Gasteiger partial charge < -0.3 is 14.7 Å². The number of aromatic hydroxyl groups is 1. The van der Waals surface area contributed by atoms with Gasteiger partial charge in [0.15, 0.2) is 11.5 Å². The fourth-order valence-electron chi connectivity index (χ4n) is 3.08. The molecule has 1 aliphatic heterocycles. The molecular formula is C19H16F2N6O2. The molecule has 8 nitrogen and oxygen atoms in total. The Labute approximate surface area is 164 Å². The summed E-state index contributed by atoms with van der Waals surface area (Å²) in [5, 5.41) is 22.8. The van der Waals surface area contributed by atoms with E-state index in [0.717, 1.165) is 0 Å². The number of ether oxygens (including phenoxy) is 1. The Balaban J connectivity index is 1.70. The second kappa shape index (κ2) is 7.01. The molecule has 1 N–H and O–H groups in total. The van der Waals surface area contributed by atoms with Gasteiger partial charge in [-0.25, -0.2) is 18.4 Å². The molecule has 3 heterocycles. The summed E-state index contributed by atoms with van der Waals surface area (Å²) >= 11 is 0. The van der Waals surface area contributed by atoms with Crippen molar-refractivity contribution in [2.45, 2.75) is 19.3 Å². The van der Waals surface area contributed by atoms with Gasteiger partial charge in [0.2, 0.25) is 5.88 Å². The van der Waals surface area contributed by atoms with Crippen molar-refractivity contribution >= 4 is 5.82 Å². The first-order valence-corrected chi connectivity index (χ1v) is 8.77. The van der Waals surface area contributed by atoms with Crippen molar-refractivity contribution in [2.24, 2.45) is 0 Å². The third-order valence-corrected chi connectivity index (χ3v) is 4.41. The molecule has 0 saturated carbocycles. The Bertz CT molecular complexity index is 1110. The molecule has 0 radical (unpaired) electrons. The maximum Gasteiger partial charge on any atom is 0.266 e. The fraction of sp³-hybridized carbons (Fsp3) is 0.263. The quantitative estimate of drug-likeness (QED) is 0.720. The lowest BCUT2D eigenvalue weighted by Gasteiger charge is -2.18. The predicted molar refractivity (Wildman–Crippen MR) is 98.6 cm³/mol. The molecule has 0 spiro atoms. The number of nitrogens with zero attached hydrogens (tertiary/aromatic N) is 6. The highest BCUT2D eigenvalue weighted by atomic mass is 19.3. The molecule has 0 unspecified atom stereocenters. The normalized spacial score (nSPS) is 15.3. The molecule has 0 atom stereocenters. The highest BCUT2D eigenvalue weighted by molar-refractivity contribution is 5.53. The van der Waals surface area contributed by atoms with E-state index in [0.29, 0.717) is 22.9 Å². The lowest BCUT2D eigenvalue weighted by atomic mass is 10.2. The molecule has 1 aromatic carbocycles. The molecular weight excluding hydrogens is 382 g/mol. The van der Waals surface area contributed by atoms with Crippen molar-refractivity contribution in [3.05, 3.63) is 48.0 Å². The van der Waals surface area contributed by atoms with Crippen LogP contribution >= 0.6 is 0 Å². The van der Waals surface area contributed by atoms with E-state index in [9.17, 15) is 19.1 Å². The number of hydrogen-bond donors (Lipinski definition) is 1. The summed E-state index contributed by atoms with van der Waals surface area (Å²) in [6.45, 7) is 1.41. The van der Waals surface area contributed by atoms with Gasteiger partial charge in [-0.05, 0) is 19.1 Å². The highest BCUT2D eigenvalue weighted by Crippen LogP contribution is 2.33. The van der Waals surface area contributed by atoms with Crippen molar-refractivity contribution in [1.82, 2.24) is 19.7 Å². The number of hydrogen-bond acceptors (Lipinski definition) is 7. The van der Waals surface area contributed by atoms with Crippen molar-refractivity contribution in [2.75, 3.05) is 18.0 Å². The van der Waals surface area contributed by atoms with Crippen LogP contribution in [0.5, 0.6) is 17.4 Å². The second-order valence-corrected chi connectivity index (χ2v) is 6.68. The third-order valence-electron chi connectivity index (χ3n) is 4.41. The van der Waals surface area contributed by atoms with E-state index < -0.39 is 12.5 Å². The van der Waals surface area contributed by atoms with Gasteiger partial charge in [0.1, 0.15) is 17.3 Å².